The van der Waals surface area contributed by atoms with Crippen LogP contribution in [0.4, 0.5) is 4.79 Å². The summed E-state index contributed by atoms with van der Waals surface area (Å²) in [7, 11) is 0. The first kappa shape index (κ1) is 29.3. The minimum atomic E-state index is -0.658. The highest BCUT2D eigenvalue weighted by molar-refractivity contribution is 9.10. The van der Waals surface area contributed by atoms with Gasteiger partial charge in [0.2, 0.25) is 0 Å². The largest absolute Gasteiger partial charge is 0.459 e. The van der Waals surface area contributed by atoms with Crippen LogP contribution in [0.3, 0.4) is 0 Å². The summed E-state index contributed by atoms with van der Waals surface area (Å²) in [6.07, 6.45) is 2.07. The van der Waals surface area contributed by atoms with Crippen LogP contribution in [0.1, 0.15) is 70.4 Å². The van der Waals surface area contributed by atoms with E-state index in [9.17, 15) is 14.4 Å². The Labute approximate surface area is 222 Å². The third kappa shape index (κ3) is 9.23. The van der Waals surface area contributed by atoms with E-state index in [2.05, 4.69) is 31.2 Å². The van der Waals surface area contributed by atoms with E-state index in [0.717, 1.165) is 10.7 Å². The molecule has 0 spiro atoms. The van der Waals surface area contributed by atoms with Gasteiger partial charge in [-0.3, -0.25) is 14.2 Å². The molecule has 9 nitrogen and oxygen atoms in total. The third-order valence-corrected chi connectivity index (χ3v) is 6.66. The molecule has 1 atom stereocenters. The first-order valence-corrected chi connectivity index (χ1v) is 14.0. The Kier molecular flexibility index (Phi) is 9.95. The van der Waals surface area contributed by atoms with Crippen molar-refractivity contribution < 1.29 is 19.1 Å². The fourth-order valence-corrected chi connectivity index (χ4v) is 4.82. The molecule has 0 aromatic carbocycles. The van der Waals surface area contributed by atoms with Gasteiger partial charge >= 0.3 is 12.1 Å². The number of rotatable bonds is 8. The van der Waals surface area contributed by atoms with Gasteiger partial charge in [-0.05, 0) is 83.5 Å². The van der Waals surface area contributed by atoms with Gasteiger partial charge in [0.05, 0.1) is 22.4 Å². The van der Waals surface area contributed by atoms with Crippen molar-refractivity contribution in [2.75, 3.05) is 6.26 Å². The topological polar surface area (TPSA) is 112 Å². The Bertz CT molecular complexity index is 1120. The lowest BCUT2D eigenvalue weighted by atomic mass is 10.1. The summed E-state index contributed by atoms with van der Waals surface area (Å²) in [5.41, 5.74) is -0.412. The molecule has 194 valence electrons. The standard InChI is InChI=1S/C23H33BrN4O5S2/c1-13-25-16(12-35-13)14(27-21(31)33-23(5,6)7)9-10-15-18(24)19(30)28(20(26-15)34-8)11-17(29)32-22(2,3)4/h12,14H,9-11H2,1-8H3,(H,27,31)/t14-/m0/s1. The van der Waals surface area contributed by atoms with Crippen LogP contribution in [-0.4, -0.2) is 44.1 Å². The Morgan fingerprint density at radius 3 is 2.31 bits per heavy atom. The molecule has 2 aromatic rings. The van der Waals surface area contributed by atoms with Crippen molar-refractivity contribution in [1.82, 2.24) is 19.9 Å². The van der Waals surface area contributed by atoms with Gasteiger partial charge in [-0.1, -0.05) is 11.8 Å². The van der Waals surface area contributed by atoms with Crippen LogP contribution in [-0.2, 0) is 27.2 Å². The third-order valence-electron chi connectivity index (χ3n) is 4.39. The lowest BCUT2D eigenvalue weighted by molar-refractivity contribution is -0.155. The van der Waals surface area contributed by atoms with E-state index in [1.54, 1.807) is 47.8 Å². The normalized spacial score (nSPS) is 12.8. The number of alkyl carbamates (subject to hydrolysis) is 1. The number of aryl methyl sites for hydroxylation is 2. The molecule has 1 N–H and O–H groups in total. The molecule has 0 unspecified atom stereocenters. The number of amides is 1. The fraction of sp³-hybridized carbons (Fsp3) is 0.609. The van der Waals surface area contributed by atoms with Crippen molar-refractivity contribution in [3.63, 3.8) is 0 Å². The summed E-state index contributed by atoms with van der Waals surface area (Å²) in [6, 6.07) is -0.426. The lowest BCUT2D eigenvalue weighted by Gasteiger charge is -2.23. The van der Waals surface area contributed by atoms with Crippen LogP contribution in [0.25, 0.3) is 0 Å². The Morgan fingerprint density at radius 1 is 1.17 bits per heavy atom. The van der Waals surface area contributed by atoms with E-state index in [4.69, 9.17) is 9.47 Å². The molecule has 35 heavy (non-hydrogen) atoms. The van der Waals surface area contributed by atoms with Crippen LogP contribution in [0.15, 0.2) is 19.8 Å². The second-order valence-corrected chi connectivity index (χ2v) is 12.5. The number of esters is 1. The number of ether oxygens (including phenoxy) is 2. The second-order valence-electron chi connectivity index (χ2n) is 9.87. The van der Waals surface area contributed by atoms with Crippen molar-refractivity contribution in [2.24, 2.45) is 0 Å². The number of nitrogens with one attached hydrogen (secondary N) is 1. The van der Waals surface area contributed by atoms with E-state index < -0.39 is 29.3 Å². The van der Waals surface area contributed by atoms with Gasteiger partial charge in [0.1, 0.15) is 22.2 Å². The van der Waals surface area contributed by atoms with E-state index in [1.807, 2.05) is 12.3 Å². The number of hydrogen-bond donors (Lipinski definition) is 1. The van der Waals surface area contributed by atoms with Crippen molar-refractivity contribution in [2.45, 2.75) is 90.3 Å². The van der Waals surface area contributed by atoms with Crippen molar-refractivity contribution >= 4 is 51.1 Å². The van der Waals surface area contributed by atoms with Gasteiger partial charge in [-0.25, -0.2) is 14.8 Å². The van der Waals surface area contributed by atoms with E-state index in [0.29, 0.717) is 23.7 Å². The molecule has 0 saturated carbocycles. The van der Waals surface area contributed by atoms with Gasteiger partial charge in [-0.15, -0.1) is 11.3 Å². The molecule has 0 aliphatic heterocycles. The maximum atomic E-state index is 13.1. The van der Waals surface area contributed by atoms with Crippen LogP contribution in [0.2, 0.25) is 0 Å². The molecular weight excluding hydrogens is 556 g/mol. The summed E-state index contributed by atoms with van der Waals surface area (Å²) in [5, 5.41) is 6.06. The first-order valence-electron chi connectivity index (χ1n) is 11.1. The van der Waals surface area contributed by atoms with Gasteiger partial charge < -0.3 is 14.8 Å². The van der Waals surface area contributed by atoms with Crippen molar-refractivity contribution in [3.05, 3.63) is 36.6 Å². The number of nitrogens with zero attached hydrogens (tertiary/aromatic N) is 3. The maximum Gasteiger partial charge on any atom is 0.408 e. The van der Waals surface area contributed by atoms with Crippen LogP contribution in [0.5, 0.6) is 0 Å². The van der Waals surface area contributed by atoms with Gasteiger partial charge in [0, 0.05) is 5.38 Å². The molecule has 0 radical (unpaired) electrons. The van der Waals surface area contributed by atoms with E-state index >= 15 is 0 Å². The molecular formula is C23H33BrN4O5S2. The number of halogens is 1. The summed E-state index contributed by atoms with van der Waals surface area (Å²) < 4.78 is 12.3. The summed E-state index contributed by atoms with van der Waals surface area (Å²) in [5.74, 6) is -0.517. The molecule has 2 heterocycles. The quantitative estimate of drug-likeness (QED) is 0.259. The summed E-state index contributed by atoms with van der Waals surface area (Å²) in [6.45, 7) is 12.4. The summed E-state index contributed by atoms with van der Waals surface area (Å²) in [4.78, 5) is 47.0. The van der Waals surface area contributed by atoms with Crippen molar-refractivity contribution in [1.29, 1.82) is 0 Å². The smallest absolute Gasteiger partial charge is 0.408 e. The Morgan fingerprint density at radius 2 is 1.80 bits per heavy atom. The second kappa shape index (κ2) is 11.9. The average molecular weight is 590 g/mol. The lowest BCUT2D eigenvalue weighted by Crippen LogP contribution is -2.35. The molecule has 0 fully saturated rings. The molecule has 12 heteroatoms. The van der Waals surface area contributed by atoms with Gasteiger partial charge in [0.25, 0.3) is 5.56 Å². The molecule has 0 bridgehead atoms. The van der Waals surface area contributed by atoms with Crippen LogP contribution in [0, 0.1) is 6.92 Å². The zero-order valence-electron chi connectivity index (χ0n) is 21.4. The first-order chi connectivity index (χ1) is 16.1. The Balaban J connectivity index is 2.27. The predicted molar refractivity (Wildman–Crippen MR) is 141 cm³/mol. The van der Waals surface area contributed by atoms with Gasteiger partial charge in [-0.2, -0.15) is 0 Å². The monoisotopic (exact) mass is 588 g/mol. The fourth-order valence-electron chi connectivity index (χ4n) is 3.08. The average Bonchev–Trinajstić information content (AvgIpc) is 3.13. The van der Waals surface area contributed by atoms with E-state index in [-0.39, 0.29) is 16.6 Å². The highest BCUT2D eigenvalue weighted by Gasteiger charge is 2.24. The van der Waals surface area contributed by atoms with Crippen molar-refractivity contribution in [3.8, 4) is 0 Å². The van der Waals surface area contributed by atoms with Crippen LogP contribution < -0.4 is 10.9 Å². The number of carbonyl (C=O) groups excluding carboxylic acids is 2. The van der Waals surface area contributed by atoms with Gasteiger partial charge in [0.15, 0.2) is 5.16 Å². The zero-order chi connectivity index (χ0) is 26.6. The van der Waals surface area contributed by atoms with E-state index in [1.165, 1.54) is 27.7 Å². The number of hydrogen-bond acceptors (Lipinski definition) is 9. The SMILES string of the molecule is CSc1nc(CC[C@H](NC(=O)OC(C)(C)C)c2csc(C)n2)c(Br)c(=O)n1CC(=O)OC(C)(C)C. The molecule has 2 rings (SSSR count). The minimum absolute atomic E-state index is 0.237. The number of aromatic nitrogens is 3. The number of thioether (sulfide) groups is 1. The molecule has 0 aliphatic carbocycles. The predicted octanol–water partition coefficient (Wildman–Crippen LogP) is 5.03. The molecule has 2 aromatic heterocycles. The Hall–Kier alpha value is -1.92. The number of thiazole rings is 1. The molecule has 0 saturated heterocycles. The highest BCUT2D eigenvalue weighted by atomic mass is 79.9. The molecule has 0 aliphatic rings. The summed E-state index contributed by atoms with van der Waals surface area (Å²) >= 11 is 6.12. The highest BCUT2D eigenvalue weighted by Crippen LogP contribution is 2.25. The minimum Gasteiger partial charge on any atom is -0.459 e. The molecule has 1 amide bonds. The van der Waals surface area contributed by atoms with Crippen LogP contribution >= 0.6 is 39.0 Å². The zero-order valence-corrected chi connectivity index (χ0v) is 24.6. The maximum absolute atomic E-state index is 13.1. The number of carbonyl (C=O) groups is 2.